The van der Waals surface area contributed by atoms with Crippen molar-refractivity contribution < 1.29 is 18.7 Å². The summed E-state index contributed by atoms with van der Waals surface area (Å²) in [4.78, 5) is 23.0. The standard InChI is InChI=1S/C17H13NO4/c1-11(19)18-13-6-8-14(9-7-13)21-17(20)16-10-12-4-2-3-5-15(12)22-16/h2-10H,1H3,(H,18,19). The molecule has 0 radical (unpaired) electrons. The van der Waals surface area contributed by atoms with E-state index in [0.29, 0.717) is 17.0 Å². The van der Waals surface area contributed by atoms with Gasteiger partial charge in [-0.2, -0.15) is 0 Å². The molecule has 0 bridgehead atoms. The molecule has 0 aliphatic heterocycles. The van der Waals surface area contributed by atoms with E-state index in [-0.39, 0.29) is 11.7 Å². The molecule has 0 spiro atoms. The van der Waals surface area contributed by atoms with Gasteiger partial charge in [0, 0.05) is 18.0 Å². The van der Waals surface area contributed by atoms with Crippen LogP contribution in [0.15, 0.2) is 59.0 Å². The average Bonchev–Trinajstić information content (AvgIpc) is 2.93. The van der Waals surface area contributed by atoms with Crippen molar-refractivity contribution >= 4 is 28.5 Å². The fourth-order valence-corrected chi connectivity index (χ4v) is 2.05. The van der Waals surface area contributed by atoms with Crippen molar-refractivity contribution in [2.24, 2.45) is 0 Å². The topological polar surface area (TPSA) is 68.5 Å². The molecule has 2 aromatic carbocycles. The van der Waals surface area contributed by atoms with E-state index in [2.05, 4.69) is 5.32 Å². The number of furan rings is 1. The predicted octanol–water partition coefficient (Wildman–Crippen LogP) is 3.61. The first-order valence-electron chi connectivity index (χ1n) is 6.70. The van der Waals surface area contributed by atoms with Gasteiger partial charge >= 0.3 is 5.97 Å². The van der Waals surface area contributed by atoms with Crippen molar-refractivity contribution in [1.82, 2.24) is 0 Å². The Morgan fingerprint density at radius 1 is 1.05 bits per heavy atom. The number of esters is 1. The highest BCUT2D eigenvalue weighted by atomic mass is 16.5. The summed E-state index contributed by atoms with van der Waals surface area (Å²) in [5.41, 5.74) is 1.27. The van der Waals surface area contributed by atoms with Crippen molar-refractivity contribution in [3.63, 3.8) is 0 Å². The van der Waals surface area contributed by atoms with Crippen LogP contribution >= 0.6 is 0 Å². The van der Waals surface area contributed by atoms with E-state index in [9.17, 15) is 9.59 Å². The van der Waals surface area contributed by atoms with Crippen molar-refractivity contribution in [2.75, 3.05) is 5.32 Å². The number of anilines is 1. The van der Waals surface area contributed by atoms with Crippen molar-refractivity contribution in [1.29, 1.82) is 0 Å². The van der Waals surface area contributed by atoms with Gasteiger partial charge in [0.05, 0.1) is 0 Å². The normalized spacial score (nSPS) is 10.4. The number of nitrogens with one attached hydrogen (secondary N) is 1. The van der Waals surface area contributed by atoms with E-state index in [4.69, 9.17) is 9.15 Å². The lowest BCUT2D eigenvalue weighted by Gasteiger charge is -2.04. The molecule has 0 fully saturated rings. The highest BCUT2D eigenvalue weighted by Gasteiger charge is 2.14. The Bertz CT molecular complexity index is 800. The van der Waals surface area contributed by atoms with Crippen LogP contribution in [0.4, 0.5) is 5.69 Å². The van der Waals surface area contributed by atoms with E-state index in [1.807, 2.05) is 18.2 Å². The molecule has 1 heterocycles. The second kappa shape index (κ2) is 5.73. The number of benzene rings is 2. The van der Waals surface area contributed by atoms with Crippen LogP contribution in [0.3, 0.4) is 0 Å². The zero-order valence-electron chi connectivity index (χ0n) is 11.8. The summed E-state index contributed by atoms with van der Waals surface area (Å²) >= 11 is 0. The molecule has 0 saturated carbocycles. The van der Waals surface area contributed by atoms with Gasteiger partial charge < -0.3 is 14.5 Å². The number of hydrogen-bond acceptors (Lipinski definition) is 4. The minimum absolute atomic E-state index is 0.145. The second-order valence-electron chi connectivity index (χ2n) is 4.74. The Morgan fingerprint density at radius 3 is 2.45 bits per heavy atom. The van der Waals surface area contributed by atoms with Crippen LogP contribution in [0.2, 0.25) is 0 Å². The van der Waals surface area contributed by atoms with Gasteiger partial charge in [0.2, 0.25) is 11.7 Å². The Labute approximate surface area is 126 Å². The lowest BCUT2D eigenvalue weighted by atomic mass is 10.2. The van der Waals surface area contributed by atoms with E-state index < -0.39 is 5.97 Å². The smallest absolute Gasteiger partial charge is 0.379 e. The molecule has 110 valence electrons. The summed E-state index contributed by atoms with van der Waals surface area (Å²) in [6.07, 6.45) is 0. The lowest BCUT2D eigenvalue weighted by Crippen LogP contribution is -2.08. The molecular weight excluding hydrogens is 282 g/mol. The van der Waals surface area contributed by atoms with Crippen LogP contribution in [0.25, 0.3) is 11.0 Å². The number of ether oxygens (including phenoxy) is 1. The van der Waals surface area contributed by atoms with Crippen LogP contribution in [0, 0.1) is 0 Å². The van der Waals surface area contributed by atoms with Crippen LogP contribution in [-0.4, -0.2) is 11.9 Å². The molecule has 0 aliphatic carbocycles. The number of hydrogen-bond donors (Lipinski definition) is 1. The maximum atomic E-state index is 12.1. The quantitative estimate of drug-likeness (QED) is 0.592. The predicted molar refractivity (Wildman–Crippen MR) is 81.9 cm³/mol. The minimum atomic E-state index is -0.566. The van der Waals surface area contributed by atoms with Gasteiger partial charge in [-0.3, -0.25) is 4.79 Å². The molecule has 1 amide bonds. The number of fused-ring (bicyclic) bond motifs is 1. The third-order valence-electron chi connectivity index (χ3n) is 3.01. The minimum Gasteiger partial charge on any atom is -0.449 e. The Morgan fingerprint density at radius 2 is 1.77 bits per heavy atom. The molecule has 5 nitrogen and oxygen atoms in total. The maximum Gasteiger partial charge on any atom is 0.379 e. The van der Waals surface area contributed by atoms with Crippen LogP contribution in [0.5, 0.6) is 5.75 Å². The largest absolute Gasteiger partial charge is 0.449 e. The van der Waals surface area contributed by atoms with Gasteiger partial charge in [0.1, 0.15) is 11.3 Å². The summed E-state index contributed by atoms with van der Waals surface area (Å²) in [5, 5.41) is 3.48. The van der Waals surface area contributed by atoms with Crippen LogP contribution in [-0.2, 0) is 4.79 Å². The Balaban J connectivity index is 1.74. The molecular formula is C17H13NO4. The summed E-state index contributed by atoms with van der Waals surface area (Å²) < 4.78 is 10.7. The van der Waals surface area contributed by atoms with E-state index in [1.54, 1.807) is 36.4 Å². The van der Waals surface area contributed by atoms with Crippen LogP contribution in [0.1, 0.15) is 17.5 Å². The number of carbonyl (C=O) groups excluding carboxylic acids is 2. The fraction of sp³-hybridized carbons (Fsp3) is 0.0588. The third kappa shape index (κ3) is 2.98. The molecule has 5 heteroatoms. The molecule has 0 saturated heterocycles. The van der Waals surface area contributed by atoms with Gasteiger partial charge in [-0.25, -0.2) is 4.79 Å². The third-order valence-corrected chi connectivity index (χ3v) is 3.01. The fourth-order valence-electron chi connectivity index (χ4n) is 2.05. The molecule has 22 heavy (non-hydrogen) atoms. The number of carbonyl (C=O) groups is 2. The number of amides is 1. The lowest BCUT2D eigenvalue weighted by molar-refractivity contribution is -0.114. The van der Waals surface area contributed by atoms with Gasteiger partial charge in [0.25, 0.3) is 0 Å². The van der Waals surface area contributed by atoms with Gasteiger partial charge in [0.15, 0.2) is 0 Å². The van der Waals surface area contributed by atoms with Gasteiger partial charge in [-0.15, -0.1) is 0 Å². The molecule has 0 atom stereocenters. The zero-order chi connectivity index (χ0) is 15.5. The first-order chi connectivity index (χ1) is 10.6. The molecule has 1 N–H and O–H groups in total. The van der Waals surface area contributed by atoms with E-state index in [0.717, 1.165) is 5.39 Å². The zero-order valence-corrected chi connectivity index (χ0v) is 11.8. The molecule has 0 unspecified atom stereocenters. The number of rotatable bonds is 3. The summed E-state index contributed by atoms with van der Waals surface area (Å²) in [6.45, 7) is 1.43. The first kappa shape index (κ1) is 13.9. The average molecular weight is 295 g/mol. The summed E-state index contributed by atoms with van der Waals surface area (Å²) in [5.74, 6) is -0.206. The SMILES string of the molecule is CC(=O)Nc1ccc(OC(=O)c2cc3ccccc3o2)cc1. The Kier molecular flexibility index (Phi) is 3.62. The van der Waals surface area contributed by atoms with Crippen LogP contribution < -0.4 is 10.1 Å². The summed E-state index contributed by atoms with van der Waals surface area (Å²) in [6, 6.07) is 15.5. The Hall–Kier alpha value is -3.08. The molecule has 3 aromatic rings. The van der Waals surface area contributed by atoms with E-state index >= 15 is 0 Å². The molecule has 0 aliphatic rings. The van der Waals surface area contributed by atoms with Crippen molar-refractivity contribution in [2.45, 2.75) is 6.92 Å². The first-order valence-corrected chi connectivity index (χ1v) is 6.70. The van der Waals surface area contributed by atoms with Gasteiger partial charge in [-0.05, 0) is 36.4 Å². The maximum absolute atomic E-state index is 12.1. The highest BCUT2D eigenvalue weighted by Crippen LogP contribution is 2.21. The molecule has 3 rings (SSSR count). The van der Waals surface area contributed by atoms with E-state index in [1.165, 1.54) is 6.92 Å². The van der Waals surface area contributed by atoms with Crippen molar-refractivity contribution in [3.8, 4) is 5.75 Å². The summed E-state index contributed by atoms with van der Waals surface area (Å²) in [7, 11) is 0. The van der Waals surface area contributed by atoms with Crippen molar-refractivity contribution in [3.05, 3.63) is 60.4 Å². The molecule has 1 aromatic heterocycles. The monoisotopic (exact) mass is 295 g/mol. The van der Waals surface area contributed by atoms with Gasteiger partial charge in [-0.1, -0.05) is 18.2 Å². The number of para-hydroxylation sites is 1. The highest BCUT2D eigenvalue weighted by molar-refractivity contribution is 5.93. The second-order valence-corrected chi connectivity index (χ2v) is 4.74.